The van der Waals surface area contributed by atoms with Gasteiger partial charge >= 0.3 is 0 Å². The summed E-state index contributed by atoms with van der Waals surface area (Å²) in [6.45, 7) is 1.46. The van der Waals surface area contributed by atoms with Gasteiger partial charge in [0.15, 0.2) is 0 Å². The van der Waals surface area contributed by atoms with Crippen LogP contribution in [0.1, 0.15) is 34.8 Å². The number of hydroxylamine groups is 1. The van der Waals surface area contributed by atoms with Crippen molar-refractivity contribution in [1.29, 1.82) is 0 Å². The molecular weight excluding hydrogens is 480 g/mol. The van der Waals surface area contributed by atoms with Gasteiger partial charge in [-0.2, -0.15) is 0 Å². The lowest BCUT2D eigenvalue weighted by atomic mass is 10.0. The van der Waals surface area contributed by atoms with E-state index in [1.54, 1.807) is 19.2 Å². The van der Waals surface area contributed by atoms with E-state index >= 15 is 0 Å². The summed E-state index contributed by atoms with van der Waals surface area (Å²) < 4.78 is 16.4. The number of rotatable bonds is 6. The van der Waals surface area contributed by atoms with E-state index in [-0.39, 0.29) is 29.2 Å². The SMILES string of the molecule is C[C@@H](O)CONC(=O)c1c2c(c(=O)n(C)c1Nc1ccc(I)cc1F)CCC2. The number of hydrogen-bond donors (Lipinski definition) is 3. The van der Waals surface area contributed by atoms with Crippen molar-refractivity contribution in [2.75, 3.05) is 11.9 Å². The summed E-state index contributed by atoms with van der Waals surface area (Å²) in [6.07, 6.45) is 1.19. The molecule has 3 rings (SSSR count). The third-order valence-corrected chi connectivity index (χ3v) is 5.23. The number of hydrogen-bond acceptors (Lipinski definition) is 5. The number of amides is 1. The van der Waals surface area contributed by atoms with Crippen LogP contribution in [0.4, 0.5) is 15.9 Å². The average molecular weight is 501 g/mol. The minimum atomic E-state index is -0.746. The quantitative estimate of drug-likeness (QED) is 0.418. The molecule has 3 N–H and O–H groups in total. The zero-order chi connectivity index (χ0) is 20.4. The van der Waals surface area contributed by atoms with Crippen LogP contribution in [0.2, 0.25) is 0 Å². The number of anilines is 2. The molecule has 1 heterocycles. The number of aromatic nitrogens is 1. The Morgan fingerprint density at radius 3 is 2.79 bits per heavy atom. The van der Waals surface area contributed by atoms with E-state index in [9.17, 15) is 19.1 Å². The molecule has 0 saturated heterocycles. The van der Waals surface area contributed by atoms with Crippen molar-refractivity contribution >= 4 is 40.0 Å². The minimum absolute atomic E-state index is 0.0752. The van der Waals surface area contributed by atoms with E-state index < -0.39 is 17.8 Å². The molecular formula is C19H21FIN3O4. The van der Waals surface area contributed by atoms with Crippen molar-refractivity contribution < 1.29 is 19.1 Å². The predicted octanol–water partition coefficient (Wildman–Crippen LogP) is 2.40. The van der Waals surface area contributed by atoms with Gasteiger partial charge in [0.05, 0.1) is 17.4 Å². The molecule has 28 heavy (non-hydrogen) atoms. The van der Waals surface area contributed by atoms with Gasteiger partial charge in [-0.1, -0.05) is 0 Å². The topological polar surface area (TPSA) is 92.6 Å². The van der Waals surface area contributed by atoms with Crippen LogP contribution in [0.15, 0.2) is 23.0 Å². The highest BCUT2D eigenvalue weighted by atomic mass is 127. The molecule has 0 fully saturated rings. The molecule has 1 atom stereocenters. The third kappa shape index (κ3) is 4.20. The number of aliphatic hydroxyl groups excluding tert-OH is 1. The lowest BCUT2D eigenvalue weighted by Crippen LogP contribution is -2.33. The Morgan fingerprint density at radius 1 is 1.39 bits per heavy atom. The molecule has 7 nitrogen and oxygen atoms in total. The molecule has 1 aromatic heterocycles. The number of pyridine rings is 1. The number of benzene rings is 1. The van der Waals surface area contributed by atoms with Gasteiger partial charge in [-0.15, -0.1) is 0 Å². The molecule has 0 spiro atoms. The van der Waals surface area contributed by atoms with Crippen molar-refractivity contribution in [3.05, 3.63) is 54.6 Å². The summed E-state index contributed by atoms with van der Waals surface area (Å²) in [5, 5.41) is 12.2. The number of nitrogens with one attached hydrogen (secondary N) is 2. The van der Waals surface area contributed by atoms with Crippen LogP contribution in [-0.2, 0) is 24.7 Å². The van der Waals surface area contributed by atoms with E-state index in [1.165, 1.54) is 17.6 Å². The lowest BCUT2D eigenvalue weighted by molar-refractivity contribution is -0.00689. The Bertz CT molecular complexity index is 975. The number of halogens is 2. The summed E-state index contributed by atoms with van der Waals surface area (Å²) >= 11 is 2.00. The lowest BCUT2D eigenvalue weighted by Gasteiger charge is -2.19. The first-order valence-corrected chi connectivity index (χ1v) is 9.94. The first-order chi connectivity index (χ1) is 13.3. The normalized spacial score (nSPS) is 13.9. The van der Waals surface area contributed by atoms with Gasteiger partial charge in [-0.05, 0) is 72.5 Å². The number of fused-ring (bicyclic) bond motifs is 1. The van der Waals surface area contributed by atoms with Gasteiger partial charge in [0.2, 0.25) is 0 Å². The molecule has 150 valence electrons. The minimum Gasteiger partial charge on any atom is -0.391 e. The van der Waals surface area contributed by atoms with Gasteiger partial charge in [-0.3, -0.25) is 19.0 Å². The fraction of sp³-hybridized carbons (Fsp3) is 0.368. The van der Waals surface area contributed by atoms with E-state index in [0.717, 1.165) is 9.99 Å². The zero-order valence-corrected chi connectivity index (χ0v) is 17.7. The molecule has 1 aliphatic rings. The Labute approximate surface area is 175 Å². The van der Waals surface area contributed by atoms with Crippen LogP contribution in [0.25, 0.3) is 0 Å². The summed E-state index contributed by atoms with van der Waals surface area (Å²) in [7, 11) is 1.54. The number of nitrogens with zero attached hydrogens (tertiary/aromatic N) is 1. The maximum Gasteiger partial charge on any atom is 0.278 e. The monoisotopic (exact) mass is 501 g/mol. The predicted molar refractivity (Wildman–Crippen MR) is 111 cm³/mol. The molecule has 0 unspecified atom stereocenters. The summed E-state index contributed by atoms with van der Waals surface area (Å²) in [4.78, 5) is 30.6. The third-order valence-electron chi connectivity index (χ3n) is 4.56. The summed E-state index contributed by atoms with van der Waals surface area (Å²) in [5.41, 5.74) is 3.75. The highest BCUT2D eigenvalue weighted by Gasteiger charge is 2.28. The van der Waals surface area contributed by atoms with E-state index in [1.807, 2.05) is 22.6 Å². The molecule has 0 radical (unpaired) electrons. The van der Waals surface area contributed by atoms with Crippen LogP contribution in [0.3, 0.4) is 0 Å². The smallest absolute Gasteiger partial charge is 0.278 e. The summed E-state index contributed by atoms with van der Waals surface area (Å²) in [6, 6.07) is 4.64. The second-order valence-corrected chi connectivity index (χ2v) is 7.98. The van der Waals surface area contributed by atoms with Gasteiger partial charge in [0.25, 0.3) is 11.5 Å². The van der Waals surface area contributed by atoms with Crippen molar-refractivity contribution in [3.63, 3.8) is 0 Å². The number of carbonyl (C=O) groups is 1. The second-order valence-electron chi connectivity index (χ2n) is 6.74. The van der Waals surface area contributed by atoms with Gasteiger partial charge in [-0.25, -0.2) is 9.87 Å². The van der Waals surface area contributed by atoms with E-state index in [4.69, 9.17) is 4.84 Å². The van der Waals surface area contributed by atoms with Crippen molar-refractivity contribution in [1.82, 2.24) is 10.0 Å². The van der Waals surface area contributed by atoms with Crippen LogP contribution in [-0.4, -0.2) is 28.3 Å². The van der Waals surface area contributed by atoms with Gasteiger partial charge in [0, 0.05) is 16.2 Å². The van der Waals surface area contributed by atoms with Gasteiger partial charge < -0.3 is 10.4 Å². The zero-order valence-electron chi connectivity index (χ0n) is 15.5. The Hall–Kier alpha value is -1.98. The highest BCUT2D eigenvalue weighted by Crippen LogP contribution is 2.30. The van der Waals surface area contributed by atoms with Crippen LogP contribution in [0.5, 0.6) is 0 Å². The number of aliphatic hydroxyl groups is 1. The molecule has 9 heteroatoms. The van der Waals surface area contributed by atoms with Crippen molar-refractivity contribution in [2.24, 2.45) is 7.05 Å². The van der Waals surface area contributed by atoms with E-state index in [2.05, 4.69) is 10.8 Å². The van der Waals surface area contributed by atoms with Crippen molar-refractivity contribution in [3.8, 4) is 0 Å². The molecule has 1 aliphatic carbocycles. The maximum absolute atomic E-state index is 14.4. The molecule has 1 amide bonds. The van der Waals surface area contributed by atoms with E-state index in [0.29, 0.717) is 24.0 Å². The molecule has 0 bridgehead atoms. The first-order valence-electron chi connectivity index (χ1n) is 8.86. The standard InChI is InChI=1S/C19H21FIN3O4/c1-10(25)9-28-23-18(26)16-12-4-3-5-13(12)19(27)24(2)17(16)22-15-7-6-11(21)8-14(15)20/h6-8,10,22,25H,3-5,9H2,1-2H3,(H,23,26)/t10-/m1/s1. The average Bonchev–Trinajstić information content (AvgIpc) is 3.10. The molecule has 0 saturated carbocycles. The van der Waals surface area contributed by atoms with Crippen LogP contribution < -0.4 is 16.4 Å². The maximum atomic E-state index is 14.4. The number of carbonyl (C=O) groups excluding carboxylic acids is 1. The first kappa shape index (κ1) is 20.7. The highest BCUT2D eigenvalue weighted by molar-refractivity contribution is 14.1. The fourth-order valence-electron chi connectivity index (χ4n) is 3.26. The second kappa shape index (κ2) is 8.58. The molecule has 1 aromatic carbocycles. The largest absolute Gasteiger partial charge is 0.391 e. The Morgan fingerprint density at radius 2 is 2.11 bits per heavy atom. The molecule has 0 aliphatic heterocycles. The molecule has 2 aromatic rings. The fourth-order valence-corrected chi connectivity index (χ4v) is 3.71. The Balaban J connectivity index is 2.06. The van der Waals surface area contributed by atoms with Gasteiger partial charge in [0.1, 0.15) is 18.2 Å². The van der Waals surface area contributed by atoms with Crippen LogP contribution >= 0.6 is 22.6 Å². The van der Waals surface area contributed by atoms with Crippen molar-refractivity contribution in [2.45, 2.75) is 32.3 Å². The summed E-state index contributed by atoms with van der Waals surface area (Å²) in [5.74, 6) is -0.844. The Kier molecular flexibility index (Phi) is 6.36. The van der Waals surface area contributed by atoms with Crippen LogP contribution in [0, 0.1) is 9.39 Å².